The van der Waals surface area contributed by atoms with Crippen molar-refractivity contribution in [3.63, 3.8) is 0 Å². The molecule has 27 heavy (non-hydrogen) atoms. The Bertz CT molecular complexity index is 784. The van der Waals surface area contributed by atoms with Crippen LogP contribution in [0.25, 0.3) is 0 Å². The molecule has 2 aromatic rings. The van der Waals surface area contributed by atoms with Gasteiger partial charge in [-0.15, -0.1) is 5.73 Å². The average molecular weight is 391 g/mol. The zero-order valence-corrected chi connectivity index (χ0v) is 15.5. The molecular weight excluding hydrogens is 368 g/mol. The zero-order chi connectivity index (χ0) is 19.6. The van der Waals surface area contributed by atoms with Gasteiger partial charge in [-0.2, -0.15) is 0 Å². The van der Waals surface area contributed by atoms with Gasteiger partial charge in [-0.3, -0.25) is 0 Å². The van der Waals surface area contributed by atoms with Gasteiger partial charge < -0.3 is 25.2 Å². The van der Waals surface area contributed by atoms with E-state index in [0.29, 0.717) is 16.9 Å². The van der Waals surface area contributed by atoms with Crippen LogP contribution in [0.2, 0.25) is 5.02 Å². The van der Waals surface area contributed by atoms with Gasteiger partial charge in [0.2, 0.25) is 0 Å². The molecule has 0 heterocycles. The van der Waals surface area contributed by atoms with Crippen LogP contribution in [0, 0.1) is 0 Å². The van der Waals surface area contributed by atoms with Gasteiger partial charge in [0.05, 0.1) is 23.8 Å². The highest BCUT2D eigenvalue weighted by Gasteiger charge is 2.11. The fraction of sp³-hybridized carbons (Fsp3) is 0.286. The highest BCUT2D eigenvalue weighted by Crippen LogP contribution is 2.28. The number of aromatic hydroxyl groups is 1. The van der Waals surface area contributed by atoms with Gasteiger partial charge in [-0.1, -0.05) is 35.9 Å². The molecule has 2 aromatic carbocycles. The summed E-state index contributed by atoms with van der Waals surface area (Å²) in [5, 5.41) is 38.7. The second-order valence-corrected chi connectivity index (χ2v) is 6.46. The highest BCUT2D eigenvalue weighted by atomic mass is 35.5. The van der Waals surface area contributed by atoms with E-state index in [2.05, 4.69) is 5.73 Å². The molecule has 2 rings (SSSR count). The van der Waals surface area contributed by atoms with E-state index >= 15 is 0 Å². The number of benzene rings is 2. The molecule has 0 bridgehead atoms. The Morgan fingerprint density at radius 3 is 2.56 bits per heavy atom. The molecule has 4 N–H and O–H groups in total. The average Bonchev–Trinajstić information content (AvgIpc) is 2.66. The maximum Gasteiger partial charge on any atom is 0.119 e. The minimum Gasteiger partial charge on any atom is -0.508 e. The highest BCUT2D eigenvalue weighted by molar-refractivity contribution is 6.31. The standard InChI is InChI=1S/C21H23ClO5/c22-20-12-16(24)9-10-19(20)21(26)8-4-5-15(11-17(25)13-23)14-27-18-6-2-1-3-7-18/h1-4,6-7,9-10,12,17,21,23-26H,8,11,13-14H2/t5?,17-,21-/m1/s1. The van der Waals surface area contributed by atoms with Gasteiger partial charge in [0, 0.05) is 18.4 Å². The number of phenolic OH excluding ortho intramolecular Hbond substituents is 1. The molecule has 0 saturated carbocycles. The lowest BCUT2D eigenvalue weighted by Gasteiger charge is -2.12. The molecule has 0 aliphatic heterocycles. The van der Waals surface area contributed by atoms with Crippen LogP contribution in [-0.2, 0) is 0 Å². The van der Waals surface area contributed by atoms with Crippen LogP contribution < -0.4 is 4.74 Å². The molecule has 0 aliphatic carbocycles. The summed E-state index contributed by atoms with van der Waals surface area (Å²) in [6.07, 6.45) is 0.327. The van der Waals surface area contributed by atoms with Crippen molar-refractivity contribution in [1.82, 2.24) is 0 Å². The molecule has 0 saturated heterocycles. The number of ether oxygens (including phenoxy) is 1. The van der Waals surface area contributed by atoms with E-state index in [4.69, 9.17) is 21.4 Å². The molecule has 5 nitrogen and oxygen atoms in total. The summed E-state index contributed by atoms with van der Waals surface area (Å²) in [5.74, 6) is 0.718. The molecule has 0 radical (unpaired) electrons. The Morgan fingerprint density at radius 1 is 1.15 bits per heavy atom. The summed E-state index contributed by atoms with van der Waals surface area (Å²) in [4.78, 5) is 0. The number of hydrogen-bond acceptors (Lipinski definition) is 5. The topological polar surface area (TPSA) is 90.2 Å². The first-order valence-electron chi connectivity index (χ1n) is 8.55. The van der Waals surface area contributed by atoms with Crippen molar-refractivity contribution in [3.05, 3.63) is 76.5 Å². The van der Waals surface area contributed by atoms with Crippen LogP contribution >= 0.6 is 11.6 Å². The van der Waals surface area contributed by atoms with Crippen molar-refractivity contribution in [3.8, 4) is 11.5 Å². The smallest absolute Gasteiger partial charge is 0.119 e. The Kier molecular flexibility index (Phi) is 8.40. The van der Waals surface area contributed by atoms with Crippen LogP contribution in [0.1, 0.15) is 24.5 Å². The number of phenols is 1. The van der Waals surface area contributed by atoms with Gasteiger partial charge >= 0.3 is 0 Å². The molecule has 0 aromatic heterocycles. The Hall–Kier alpha value is -2.27. The summed E-state index contributed by atoms with van der Waals surface area (Å²) >= 11 is 6.03. The van der Waals surface area contributed by atoms with E-state index in [1.165, 1.54) is 12.1 Å². The first kappa shape index (κ1) is 21.0. The van der Waals surface area contributed by atoms with Gasteiger partial charge in [0.25, 0.3) is 0 Å². The van der Waals surface area contributed by atoms with E-state index in [9.17, 15) is 15.3 Å². The van der Waals surface area contributed by atoms with E-state index in [0.717, 1.165) is 0 Å². The quantitative estimate of drug-likeness (QED) is 0.493. The van der Waals surface area contributed by atoms with Crippen LogP contribution in [0.15, 0.2) is 65.9 Å². The molecule has 144 valence electrons. The predicted molar refractivity (Wildman–Crippen MR) is 104 cm³/mol. The first-order chi connectivity index (χ1) is 13.0. The lowest BCUT2D eigenvalue weighted by Crippen LogP contribution is -2.15. The van der Waals surface area contributed by atoms with Gasteiger partial charge in [0.1, 0.15) is 18.1 Å². The first-order valence-corrected chi connectivity index (χ1v) is 8.93. The number of halogens is 1. The number of para-hydroxylation sites is 1. The van der Waals surface area contributed by atoms with Crippen LogP contribution in [0.4, 0.5) is 0 Å². The molecular formula is C21H23ClO5. The molecule has 2 atom stereocenters. The van der Waals surface area contributed by atoms with Crippen molar-refractivity contribution in [2.75, 3.05) is 13.2 Å². The third kappa shape index (κ3) is 7.10. The van der Waals surface area contributed by atoms with Gasteiger partial charge in [-0.25, -0.2) is 0 Å². The van der Waals surface area contributed by atoms with E-state index in [1.807, 2.05) is 30.3 Å². The lowest BCUT2D eigenvalue weighted by molar-refractivity contribution is 0.0934. The van der Waals surface area contributed by atoms with Crippen molar-refractivity contribution < 1.29 is 25.2 Å². The van der Waals surface area contributed by atoms with Crippen LogP contribution in [0.5, 0.6) is 11.5 Å². The SMILES string of the molecule is OC[C@H](O)CC(=C=CC[C@@H](O)c1ccc(O)cc1Cl)COc1ccccc1. The van der Waals surface area contributed by atoms with E-state index < -0.39 is 12.2 Å². The molecule has 0 fully saturated rings. The van der Waals surface area contributed by atoms with Crippen LogP contribution in [-0.4, -0.2) is 39.7 Å². The minimum absolute atomic E-state index is 0.0322. The molecule has 0 amide bonds. The predicted octanol–water partition coefficient (Wildman–Crippen LogP) is 3.37. The second kappa shape index (κ2) is 10.8. The Labute approximate surface area is 163 Å². The van der Waals surface area contributed by atoms with Crippen molar-refractivity contribution in [2.24, 2.45) is 0 Å². The lowest BCUT2D eigenvalue weighted by atomic mass is 10.1. The third-order valence-corrected chi connectivity index (χ3v) is 4.17. The Morgan fingerprint density at radius 2 is 1.89 bits per heavy atom. The minimum atomic E-state index is -0.906. The van der Waals surface area contributed by atoms with Crippen molar-refractivity contribution in [1.29, 1.82) is 0 Å². The van der Waals surface area contributed by atoms with Crippen molar-refractivity contribution >= 4 is 11.6 Å². The number of rotatable bonds is 9. The van der Waals surface area contributed by atoms with E-state index in [-0.39, 0.29) is 36.8 Å². The zero-order valence-electron chi connectivity index (χ0n) is 14.8. The summed E-state index contributed by atoms with van der Waals surface area (Å²) in [7, 11) is 0. The summed E-state index contributed by atoms with van der Waals surface area (Å²) < 4.78 is 5.66. The van der Waals surface area contributed by atoms with Gasteiger partial charge in [-0.05, 0) is 35.9 Å². The molecule has 6 heteroatoms. The Balaban J connectivity index is 2.06. The summed E-state index contributed by atoms with van der Waals surface area (Å²) in [6, 6.07) is 13.6. The number of aliphatic hydroxyl groups excluding tert-OH is 3. The maximum absolute atomic E-state index is 10.3. The number of aliphatic hydroxyl groups is 3. The number of hydrogen-bond donors (Lipinski definition) is 4. The largest absolute Gasteiger partial charge is 0.508 e. The third-order valence-electron chi connectivity index (χ3n) is 3.84. The van der Waals surface area contributed by atoms with Crippen molar-refractivity contribution in [2.45, 2.75) is 25.0 Å². The molecule has 0 spiro atoms. The summed E-state index contributed by atoms with van der Waals surface area (Å²) in [6.45, 7) is -0.157. The maximum atomic E-state index is 10.3. The fourth-order valence-corrected chi connectivity index (χ4v) is 2.72. The molecule has 0 unspecified atom stereocenters. The van der Waals surface area contributed by atoms with E-state index in [1.54, 1.807) is 12.1 Å². The van der Waals surface area contributed by atoms with Crippen LogP contribution in [0.3, 0.4) is 0 Å². The van der Waals surface area contributed by atoms with Gasteiger partial charge in [0.15, 0.2) is 0 Å². The summed E-state index contributed by atoms with van der Waals surface area (Å²) in [5.41, 5.74) is 4.19. The monoisotopic (exact) mass is 390 g/mol. The molecule has 0 aliphatic rings. The second-order valence-electron chi connectivity index (χ2n) is 6.05. The normalized spacial score (nSPS) is 12.7. The fourth-order valence-electron chi connectivity index (χ4n) is 2.42.